The van der Waals surface area contributed by atoms with E-state index in [0.717, 1.165) is 45.6 Å². The van der Waals surface area contributed by atoms with Crippen molar-refractivity contribution in [3.8, 4) is 0 Å². The van der Waals surface area contributed by atoms with Crippen LogP contribution in [0.15, 0.2) is 0 Å². The minimum absolute atomic E-state index is 0.571. The smallest absolute Gasteiger partial charge is 0.404 e. The number of carbonyl (C=O) groups is 1. The lowest BCUT2D eigenvalue weighted by atomic mass is 10.2. The van der Waals surface area contributed by atoms with E-state index in [0.29, 0.717) is 6.54 Å². The number of unbranched alkanes of at least 4 members (excludes halogenated alkanes) is 1. The van der Waals surface area contributed by atoms with Gasteiger partial charge in [-0.05, 0) is 19.4 Å². The van der Waals surface area contributed by atoms with Crippen LogP contribution in [0.1, 0.15) is 12.8 Å². The van der Waals surface area contributed by atoms with Crippen molar-refractivity contribution in [2.45, 2.75) is 12.8 Å². The fraction of sp³-hybridized carbons (Fsp3) is 0.889. The molecule has 0 spiro atoms. The van der Waals surface area contributed by atoms with E-state index in [1.807, 2.05) is 0 Å². The van der Waals surface area contributed by atoms with Crippen LogP contribution in [0, 0.1) is 0 Å². The number of hydrogen-bond donors (Lipinski definition) is 3. The molecule has 82 valence electrons. The molecule has 1 fully saturated rings. The molecule has 5 heteroatoms. The van der Waals surface area contributed by atoms with Crippen LogP contribution in [0.4, 0.5) is 4.79 Å². The van der Waals surface area contributed by atoms with E-state index in [4.69, 9.17) is 5.11 Å². The molecule has 0 atom stereocenters. The minimum atomic E-state index is -0.924. The zero-order chi connectivity index (χ0) is 10.2. The number of amides is 1. The summed E-state index contributed by atoms with van der Waals surface area (Å²) in [5, 5.41) is 14.0. The molecule has 5 nitrogen and oxygen atoms in total. The fourth-order valence-electron chi connectivity index (χ4n) is 1.59. The summed E-state index contributed by atoms with van der Waals surface area (Å²) in [6.45, 7) is 6.05. The lowest BCUT2D eigenvalue weighted by molar-refractivity contribution is 0.193. The van der Waals surface area contributed by atoms with E-state index in [1.54, 1.807) is 0 Å². The molecule has 1 rings (SSSR count). The van der Waals surface area contributed by atoms with Crippen molar-refractivity contribution < 1.29 is 9.90 Å². The first-order valence-corrected chi connectivity index (χ1v) is 5.19. The van der Waals surface area contributed by atoms with Crippen molar-refractivity contribution in [3.05, 3.63) is 0 Å². The first-order chi connectivity index (χ1) is 6.79. The van der Waals surface area contributed by atoms with Gasteiger partial charge in [0.2, 0.25) is 0 Å². The van der Waals surface area contributed by atoms with Gasteiger partial charge in [-0.2, -0.15) is 0 Å². The average molecular weight is 201 g/mol. The van der Waals surface area contributed by atoms with Crippen LogP contribution in [0.5, 0.6) is 0 Å². The SMILES string of the molecule is O=C(O)NCCCCN1CCNCC1. The van der Waals surface area contributed by atoms with Crippen molar-refractivity contribution >= 4 is 6.09 Å². The Morgan fingerprint density at radius 2 is 2.07 bits per heavy atom. The highest BCUT2D eigenvalue weighted by atomic mass is 16.4. The number of piperazine rings is 1. The van der Waals surface area contributed by atoms with Crippen LogP contribution in [0.25, 0.3) is 0 Å². The van der Waals surface area contributed by atoms with Crippen molar-refractivity contribution in [2.75, 3.05) is 39.3 Å². The zero-order valence-electron chi connectivity index (χ0n) is 8.46. The normalized spacial score (nSPS) is 18.0. The third-order valence-corrected chi connectivity index (χ3v) is 2.39. The molecular formula is C9H19N3O2. The minimum Gasteiger partial charge on any atom is -0.465 e. The first kappa shape index (κ1) is 11.3. The van der Waals surface area contributed by atoms with Crippen molar-refractivity contribution in [3.63, 3.8) is 0 Å². The Morgan fingerprint density at radius 3 is 2.71 bits per heavy atom. The first-order valence-electron chi connectivity index (χ1n) is 5.19. The molecule has 1 amide bonds. The van der Waals surface area contributed by atoms with E-state index in [-0.39, 0.29) is 0 Å². The van der Waals surface area contributed by atoms with Gasteiger partial charge in [0.05, 0.1) is 0 Å². The second-order valence-electron chi connectivity index (χ2n) is 3.53. The maximum Gasteiger partial charge on any atom is 0.404 e. The largest absolute Gasteiger partial charge is 0.465 e. The molecule has 1 aliphatic rings. The van der Waals surface area contributed by atoms with Crippen LogP contribution in [-0.2, 0) is 0 Å². The van der Waals surface area contributed by atoms with Gasteiger partial charge < -0.3 is 20.6 Å². The molecule has 1 saturated heterocycles. The summed E-state index contributed by atoms with van der Waals surface area (Å²) in [4.78, 5) is 12.5. The van der Waals surface area contributed by atoms with Gasteiger partial charge in [-0.15, -0.1) is 0 Å². The van der Waals surface area contributed by atoms with Crippen LogP contribution in [0.3, 0.4) is 0 Å². The van der Waals surface area contributed by atoms with Gasteiger partial charge in [-0.3, -0.25) is 0 Å². The van der Waals surface area contributed by atoms with Crippen LogP contribution < -0.4 is 10.6 Å². The lowest BCUT2D eigenvalue weighted by Gasteiger charge is -2.26. The summed E-state index contributed by atoms with van der Waals surface area (Å²) in [7, 11) is 0. The molecule has 1 heterocycles. The highest BCUT2D eigenvalue weighted by Gasteiger charge is 2.07. The third kappa shape index (κ3) is 5.04. The molecule has 0 bridgehead atoms. The van der Waals surface area contributed by atoms with Crippen molar-refractivity contribution in [2.24, 2.45) is 0 Å². The van der Waals surface area contributed by atoms with Crippen LogP contribution >= 0.6 is 0 Å². The number of nitrogens with zero attached hydrogens (tertiary/aromatic N) is 1. The summed E-state index contributed by atoms with van der Waals surface area (Å²) < 4.78 is 0. The van der Waals surface area contributed by atoms with Gasteiger partial charge in [0.1, 0.15) is 0 Å². The molecule has 0 unspecified atom stereocenters. The maximum atomic E-state index is 10.1. The van der Waals surface area contributed by atoms with Crippen molar-refractivity contribution in [1.82, 2.24) is 15.5 Å². The van der Waals surface area contributed by atoms with E-state index in [1.165, 1.54) is 0 Å². The predicted octanol–water partition coefficient (Wildman–Crippen LogP) is -0.0606. The Bertz CT molecular complexity index is 169. The molecule has 0 aromatic carbocycles. The van der Waals surface area contributed by atoms with Crippen molar-refractivity contribution in [1.29, 1.82) is 0 Å². The quantitative estimate of drug-likeness (QED) is 0.545. The van der Waals surface area contributed by atoms with Gasteiger partial charge in [0.15, 0.2) is 0 Å². The summed E-state index contributed by atoms with van der Waals surface area (Å²) in [5.74, 6) is 0. The summed E-state index contributed by atoms with van der Waals surface area (Å²) in [6, 6.07) is 0. The van der Waals surface area contributed by atoms with Gasteiger partial charge in [0.25, 0.3) is 0 Å². The molecule has 0 radical (unpaired) electrons. The fourth-order valence-corrected chi connectivity index (χ4v) is 1.59. The van der Waals surface area contributed by atoms with Gasteiger partial charge >= 0.3 is 6.09 Å². The molecule has 0 aliphatic carbocycles. The molecule has 0 saturated carbocycles. The lowest BCUT2D eigenvalue weighted by Crippen LogP contribution is -2.43. The molecule has 14 heavy (non-hydrogen) atoms. The topological polar surface area (TPSA) is 64.6 Å². The van der Waals surface area contributed by atoms with Gasteiger partial charge in [-0.25, -0.2) is 4.79 Å². The highest BCUT2D eigenvalue weighted by Crippen LogP contribution is 1.96. The van der Waals surface area contributed by atoms with Crippen LogP contribution in [0.2, 0.25) is 0 Å². The van der Waals surface area contributed by atoms with Gasteiger partial charge in [0, 0.05) is 32.7 Å². The summed E-state index contributed by atoms with van der Waals surface area (Å²) >= 11 is 0. The van der Waals surface area contributed by atoms with E-state index in [2.05, 4.69) is 15.5 Å². The zero-order valence-corrected chi connectivity index (χ0v) is 8.46. The molecule has 0 aromatic heterocycles. The Balaban J connectivity index is 1.90. The number of rotatable bonds is 5. The molecular weight excluding hydrogens is 182 g/mol. The average Bonchev–Trinajstić information content (AvgIpc) is 2.18. The Morgan fingerprint density at radius 1 is 1.36 bits per heavy atom. The monoisotopic (exact) mass is 201 g/mol. The van der Waals surface area contributed by atoms with E-state index < -0.39 is 6.09 Å². The van der Waals surface area contributed by atoms with Gasteiger partial charge in [-0.1, -0.05) is 0 Å². The molecule has 0 aromatic rings. The Labute approximate surface area is 84.5 Å². The third-order valence-electron chi connectivity index (χ3n) is 2.39. The standard InChI is InChI=1S/C9H19N3O2/c13-9(14)11-3-1-2-6-12-7-4-10-5-8-12/h10-11H,1-8H2,(H,13,14). The maximum absolute atomic E-state index is 10.1. The Hall–Kier alpha value is -0.810. The van der Waals surface area contributed by atoms with Crippen LogP contribution in [-0.4, -0.2) is 55.4 Å². The number of hydrogen-bond acceptors (Lipinski definition) is 3. The second-order valence-corrected chi connectivity index (χ2v) is 3.53. The summed E-state index contributed by atoms with van der Waals surface area (Å²) in [6.07, 6.45) is 1.07. The van der Waals surface area contributed by atoms with E-state index >= 15 is 0 Å². The Kier molecular flexibility index (Phi) is 5.32. The van der Waals surface area contributed by atoms with E-state index in [9.17, 15) is 4.79 Å². The highest BCUT2D eigenvalue weighted by molar-refractivity contribution is 5.64. The molecule has 3 N–H and O–H groups in total. The number of nitrogens with one attached hydrogen (secondary N) is 2. The number of carboxylic acid groups (broad SMARTS) is 1. The molecule has 1 aliphatic heterocycles. The summed E-state index contributed by atoms with van der Waals surface area (Å²) in [5.41, 5.74) is 0. The second kappa shape index (κ2) is 6.62. The predicted molar refractivity (Wildman–Crippen MR) is 54.6 cm³/mol.